The first kappa shape index (κ1) is 31.3. The predicted molar refractivity (Wildman–Crippen MR) is 148 cm³/mol. The largest absolute Gasteiger partial charge is 0.392 e. The van der Waals surface area contributed by atoms with Crippen molar-refractivity contribution >= 4 is 17.7 Å². The van der Waals surface area contributed by atoms with Gasteiger partial charge in [0.15, 0.2) is 0 Å². The van der Waals surface area contributed by atoms with Crippen LogP contribution < -0.4 is 5.32 Å². The van der Waals surface area contributed by atoms with E-state index < -0.39 is 16.3 Å². The van der Waals surface area contributed by atoms with Gasteiger partial charge in [-0.2, -0.15) is 0 Å². The number of amides is 1. The van der Waals surface area contributed by atoms with Crippen molar-refractivity contribution in [2.75, 3.05) is 13.2 Å². The Morgan fingerprint density at radius 2 is 1.76 bits per heavy atom. The van der Waals surface area contributed by atoms with Crippen molar-refractivity contribution in [1.29, 1.82) is 0 Å². The molecule has 0 aromatic rings. The zero-order valence-corrected chi connectivity index (χ0v) is 24.2. The Labute approximate surface area is 214 Å². The van der Waals surface area contributed by atoms with Gasteiger partial charge in [0.1, 0.15) is 0 Å². The van der Waals surface area contributed by atoms with E-state index in [0.717, 1.165) is 43.2 Å². The van der Waals surface area contributed by atoms with E-state index in [0.29, 0.717) is 5.25 Å². The molecule has 2 fully saturated rings. The summed E-state index contributed by atoms with van der Waals surface area (Å²) in [4.78, 5) is 12.7. The van der Waals surface area contributed by atoms with Crippen LogP contribution in [0.25, 0.3) is 0 Å². The molecule has 2 aliphatic rings. The molecule has 1 aliphatic carbocycles. The zero-order valence-electron chi connectivity index (χ0n) is 23.3. The standard InChI is InChI=1S/C21H37NO3S.C8H16/c1-14(2)18(23)20(5,6)15(3)13-16(4)22-19(24)21(7,8)26-17-9-11-25-12-10-17;1-2-3-5-8-6-4-7-8/h13-14,17-18,23H,3,9-12H2,1-2,4-8H3,(H,22,24);8H,2-7H2,1H3/b16-13+;. The summed E-state index contributed by atoms with van der Waals surface area (Å²) in [7, 11) is 0. The molecule has 34 heavy (non-hydrogen) atoms. The van der Waals surface area contributed by atoms with Gasteiger partial charge in [-0.05, 0) is 57.1 Å². The topological polar surface area (TPSA) is 58.6 Å². The molecule has 1 saturated heterocycles. The smallest absolute Gasteiger partial charge is 0.239 e. The predicted octanol–water partition coefficient (Wildman–Crippen LogP) is 7.27. The molecular weight excluding hydrogens is 442 g/mol. The summed E-state index contributed by atoms with van der Waals surface area (Å²) >= 11 is 1.72. The van der Waals surface area contributed by atoms with Gasteiger partial charge >= 0.3 is 0 Å². The van der Waals surface area contributed by atoms with E-state index in [2.05, 4.69) is 18.8 Å². The number of thioether (sulfide) groups is 1. The highest BCUT2D eigenvalue weighted by atomic mass is 32.2. The Morgan fingerprint density at radius 3 is 2.24 bits per heavy atom. The lowest BCUT2D eigenvalue weighted by molar-refractivity contribution is -0.121. The number of aliphatic hydroxyl groups is 1. The fourth-order valence-electron chi connectivity index (χ4n) is 4.37. The average molecular weight is 496 g/mol. The van der Waals surface area contributed by atoms with Crippen molar-refractivity contribution in [2.24, 2.45) is 17.3 Å². The maximum atomic E-state index is 12.7. The summed E-state index contributed by atoms with van der Waals surface area (Å²) in [5.41, 5.74) is 1.11. The summed E-state index contributed by atoms with van der Waals surface area (Å²) in [5, 5.41) is 13.9. The van der Waals surface area contributed by atoms with Gasteiger partial charge in [0.2, 0.25) is 5.91 Å². The van der Waals surface area contributed by atoms with Crippen LogP contribution in [0.15, 0.2) is 23.9 Å². The average Bonchev–Trinajstić information content (AvgIpc) is 2.72. The first-order chi connectivity index (χ1) is 15.8. The van der Waals surface area contributed by atoms with Gasteiger partial charge in [-0.15, -0.1) is 11.8 Å². The first-order valence-electron chi connectivity index (χ1n) is 13.4. The molecule has 1 amide bonds. The molecule has 1 saturated carbocycles. The Balaban J connectivity index is 0.000000605. The van der Waals surface area contributed by atoms with E-state index in [1.165, 1.54) is 38.5 Å². The number of hydrogen-bond donors (Lipinski definition) is 2. The minimum Gasteiger partial charge on any atom is -0.392 e. The van der Waals surface area contributed by atoms with Crippen molar-refractivity contribution in [2.45, 2.75) is 123 Å². The second-order valence-corrected chi connectivity index (χ2v) is 13.5. The molecule has 198 valence electrons. The number of nitrogens with one attached hydrogen (secondary N) is 1. The van der Waals surface area contributed by atoms with Crippen LogP contribution in [-0.4, -0.2) is 40.3 Å². The van der Waals surface area contributed by atoms with E-state index >= 15 is 0 Å². The Morgan fingerprint density at radius 1 is 1.18 bits per heavy atom. The van der Waals surface area contributed by atoms with Crippen molar-refractivity contribution in [3.63, 3.8) is 0 Å². The third-order valence-corrected chi connectivity index (χ3v) is 8.85. The molecule has 0 spiro atoms. The fourth-order valence-corrected chi connectivity index (χ4v) is 5.79. The SMILES string of the molecule is C=C(/C=C(\C)NC(=O)C(C)(C)SC1CCOCC1)C(C)(C)C(O)C(C)C.CCCCC1CCC1. The number of carbonyl (C=O) groups excluding carboxylic acids is 1. The molecule has 2 rings (SSSR count). The lowest BCUT2D eigenvalue weighted by atomic mass is 9.75. The van der Waals surface area contributed by atoms with Crippen molar-refractivity contribution in [1.82, 2.24) is 5.32 Å². The molecule has 1 heterocycles. The van der Waals surface area contributed by atoms with Gasteiger partial charge < -0.3 is 15.2 Å². The van der Waals surface area contributed by atoms with E-state index in [1.807, 2.05) is 54.5 Å². The summed E-state index contributed by atoms with van der Waals surface area (Å²) < 4.78 is 4.89. The van der Waals surface area contributed by atoms with Crippen LogP contribution in [0.5, 0.6) is 0 Å². The van der Waals surface area contributed by atoms with Crippen LogP contribution in [0.1, 0.15) is 107 Å². The number of hydrogen-bond acceptors (Lipinski definition) is 4. The maximum Gasteiger partial charge on any atom is 0.239 e. The molecule has 0 aromatic heterocycles. The normalized spacial score (nSPS) is 19.2. The van der Waals surface area contributed by atoms with Crippen LogP contribution in [0.2, 0.25) is 0 Å². The highest BCUT2D eigenvalue weighted by molar-refractivity contribution is 8.01. The summed E-state index contributed by atoms with van der Waals surface area (Å²) in [6.45, 7) is 21.7. The molecule has 1 atom stereocenters. The summed E-state index contributed by atoms with van der Waals surface area (Å²) in [5.74, 6) is 1.27. The van der Waals surface area contributed by atoms with E-state index in [-0.39, 0.29) is 11.8 Å². The first-order valence-corrected chi connectivity index (χ1v) is 14.3. The van der Waals surface area contributed by atoms with Gasteiger partial charge in [0.05, 0.1) is 10.9 Å². The van der Waals surface area contributed by atoms with Crippen LogP contribution >= 0.6 is 11.8 Å². The van der Waals surface area contributed by atoms with Gasteiger partial charge in [0, 0.05) is 29.6 Å². The number of carbonyl (C=O) groups is 1. The molecule has 1 unspecified atom stereocenters. The van der Waals surface area contributed by atoms with Crippen LogP contribution in [0, 0.1) is 17.3 Å². The molecular formula is C29H53NO3S. The highest BCUT2D eigenvalue weighted by Gasteiger charge is 2.34. The minimum absolute atomic E-state index is 0.00208. The molecule has 4 nitrogen and oxygen atoms in total. The lowest BCUT2D eigenvalue weighted by Gasteiger charge is -2.34. The molecule has 5 heteroatoms. The van der Waals surface area contributed by atoms with Crippen LogP contribution in [0.4, 0.5) is 0 Å². The van der Waals surface area contributed by atoms with Crippen molar-refractivity contribution < 1.29 is 14.6 Å². The van der Waals surface area contributed by atoms with Crippen molar-refractivity contribution in [3.8, 4) is 0 Å². The molecule has 0 bridgehead atoms. The number of rotatable bonds is 11. The second kappa shape index (κ2) is 14.7. The van der Waals surface area contributed by atoms with Gasteiger partial charge in [-0.3, -0.25) is 4.79 Å². The minimum atomic E-state index is -0.509. The number of unbranched alkanes of at least 4 members (excludes halogenated alkanes) is 1. The Bertz CT molecular complexity index is 658. The molecule has 2 N–H and O–H groups in total. The number of ether oxygens (including phenoxy) is 1. The zero-order chi connectivity index (χ0) is 25.9. The third-order valence-electron chi connectivity index (χ3n) is 7.27. The lowest BCUT2D eigenvalue weighted by Crippen LogP contribution is -2.41. The van der Waals surface area contributed by atoms with E-state index in [9.17, 15) is 9.90 Å². The highest BCUT2D eigenvalue weighted by Crippen LogP contribution is 2.36. The fraction of sp³-hybridized carbons (Fsp3) is 0.828. The number of allylic oxidation sites excluding steroid dienone is 2. The summed E-state index contributed by atoms with van der Waals surface area (Å²) in [6, 6.07) is 0. The molecule has 1 aliphatic heterocycles. The monoisotopic (exact) mass is 495 g/mol. The quantitative estimate of drug-likeness (QED) is 0.296. The summed E-state index contributed by atoms with van der Waals surface area (Å²) in [6.07, 6.45) is 12.3. The Hall–Kier alpha value is -0.780. The van der Waals surface area contributed by atoms with Gasteiger partial charge in [0.25, 0.3) is 0 Å². The van der Waals surface area contributed by atoms with E-state index in [1.54, 1.807) is 11.8 Å². The van der Waals surface area contributed by atoms with Gasteiger partial charge in [-0.1, -0.05) is 79.7 Å². The van der Waals surface area contributed by atoms with Crippen molar-refractivity contribution in [3.05, 3.63) is 23.9 Å². The third kappa shape index (κ3) is 10.5. The van der Waals surface area contributed by atoms with Crippen LogP contribution in [0.3, 0.4) is 0 Å². The Kier molecular flexibility index (Phi) is 13.5. The van der Waals surface area contributed by atoms with E-state index in [4.69, 9.17) is 4.74 Å². The van der Waals surface area contributed by atoms with Crippen LogP contribution in [-0.2, 0) is 9.53 Å². The maximum absolute atomic E-state index is 12.7. The molecule has 0 aromatic carbocycles. The van der Waals surface area contributed by atoms with Gasteiger partial charge in [-0.25, -0.2) is 0 Å². The second-order valence-electron chi connectivity index (χ2n) is 11.6. The number of aliphatic hydroxyl groups excluding tert-OH is 1. The molecule has 0 radical (unpaired) electrons.